The molecule has 0 unspecified atom stereocenters. The van der Waals surface area contributed by atoms with Crippen LogP contribution in [0.5, 0.6) is 5.75 Å². The van der Waals surface area contributed by atoms with Gasteiger partial charge in [0, 0.05) is 0 Å². The first kappa shape index (κ1) is 17.7. The zero-order valence-electron chi connectivity index (χ0n) is 14.8. The van der Waals surface area contributed by atoms with E-state index in [9.17, 15) is 14.4 Å². The molecule has 0 aliphatic carbocycles. The highest BCUT2D eigenvalue weighted by molar-refractivity contribution is 6.34. The number of rotatable bonds is 5. The van der Waals surface area contributed by atoms with Gasteiger partial charge in [-0.2, -0.15) is 0 Å². The molecule has 0 bridgehead atoms. The number of benzene rings is 2. The summed E-state index contributed by atoms with van der Waals surface area (Å²) in [5, 5.41) is 0. The van der Waals surface area contributed by atoms with E-state index in [1.165, 1.54) is 18.2 Å². The third-order valence-corrected chi connectivity index (χ3v) is 3.87. The van der Waals surface area contributed by atoms with Crippen LogP contribution in [0.1, 0.15) is 51.8 Å². The molecule has 0 radical (unpaired) electrons. The standard InChI is InChI=1S/C20H19NO5/c1-4-25-15-8-6-14(7-9-15)21-18(22)16-10-5-13(11-17(16)19(21)23)20(24)26-12(2)3/h5-12H,4H2,1-3H3. The van der Waals surface area contributed by atoms with Crippen molar-refractivity contribution in [3.8, 4) is 5.75 Å². The Morgan fingerprint density at radius 2 is 1.65 bits per heavy atom. The number of carbonyl (C=O) groups is 3. The molecule has 0 spiro atoms. The van der Waals surface area contributed by atoms with Gasteiger partial charge in [0.25, 0.3) is 11.8 Å². The minimum atomic E-state index is -0.525. The van der Waals surface area contributed by atoms with Crippen LogP contribution in [0.4, 0.5) is 5.69 Å². The number of amides is 2. The Kier molecular flexibility index (Phi) is 4.75. The lowest BCUT2D eigenvalue weighted by Gasteiger charge is -2.14. The highest BCUT2D eigenvalue weighted by atomic mass is 16.5. The summed E-state index contributed by atoms with van der Waals surface area (Å²) in [4.78, 5) is 38.5. The van der Waals surface area contributed by atoms with Crippen molar-refractivity contribution in [2.75, 3.05) is 11.5 Å². The molecule has 1 heterocycles. The van der Waals surface area contributed by atoms with E-state index >= 15 is 0 Å². The van der Waals surface area contributed by atoms with Crippen molar-refractivity contribution in [3.63, 3.8) is 0 Å². The largest absolute Gasteiger partial charge is 0.494 e. The van der Waals surface area contributed by atoms with E-state index in [2.05, 4.69) is 0 Å². The average Bonchev–Trinajstić information content (AvgIpc) is 2.86. The molecule has 3 rings (SSSR count). The molecule has 0 saturated heterocycles. The fourth-order valence-electron chi connectivity index (χ4n) is 2.74. The lowest BCUT2D eigenvalue weighted by Crippen LogP contribution is -2.29. The fraction of sp³-hybridized carbons (Fsp3) is 0.250. The molecule has 2 aromatic rings. The van der Waals surface area contributed by atoms with Gasteiger partial charge < -0.3 is 9.47 Å². The van der Waals surface area contributed by atoms with E-state index in [0.717, 1.165) is 4.90 Å². The molecule has 0 N–H and O–H groups in total. The normalized spacial score (nSPS) is 13.2. The molecule has 26 heavy (non-hydrogen) atoms. The zero-order chi connectivity index (χ0) is 18.8. The molecular weight excluding hydrogens is 334 g/mol. The predicted octanol–water partition coefficient (Wildman–Crippen LogP) is 3.45. The summed E-state index contributed by atoms with van der Waals surface area (Å²) < 4.78 is 10.5. The molecule has 6 heteroatoms. The highest BCUT2D eigenvalue weighted by Gasteiger charge is 2.37. The van der Waals surface area contributed by atoms with Crippen LogP contribution < -0.4 is 9.64 Å². The summed E-state index contributed by atoms with van der Waals surface area (Å²) in [6, 6.07) is 11.1. The van der Waals surface area contributed by atoms with Gasteiger partial charge in [0.2, 0.25) is 0 Å². The Balaban J connectivity index is 1.91. The van der Waals surface area contributed by atoms with Gasteiger partial charge in [-0.3, -0.25) is 9.59 Å². The van der Waals surface area contributed by atoms with Crippen molar-refractivity contribution >= 4 is 23.5 Å². The molecule has 0 saturated carbocycles. The number of esters is 1. The van der Waals surface area contributed by atoms with Crippen molar-refractivity contribution < 1.29 is 23.9 Å². The van der Waals surface area contributed by atoms with Gasteiger partial charge in [-0.15, -0.1) is 0 Å². The molecule has 1 aliphatic heterocycles. The summed E-state index contributed by atoms with van der Waals surface area (Å²) >= 11 is 0. The van der Waals surface area contributed by atoms with Gasteiger partial charge in [-0.25, -0.2) is 9.69 Å². The van der Waals surface area contributed by atoms with Crippen LogP contribution in [0.25, 0.3) is 0 Å². The Labute approximate surface area is 151 Å². The van der Waals surface area contributed by atoms with Crippen LogP contribution in [-0.2, 0) is 4.74 Å². The number of ether oxygens (including phenoxy) is 2. The number of carbonyl (C=O) groups excluding carboxylic acids is 3. The Hall–Kier alpha value is -3.15. The molecular formula is C20H19NO5. The van der Waals surface area contributed by atoms with Gasteiger partial charge in [0.1, 0.15) is 5.75 Å². The van der Waals surface area contributed by atoms with Crippen molar-refractivity contribution in [2.24, 2.45) is 0 Å². The van der Waals surface area contributed by atoms with Crippen LogP contribution >= 0.6 is 0 Å². The summed E-state index contributed by atoms with van der Waals surface area (Å²) in [6.07, 6.45) is -0.270. The minimum Gasteiger partial charge on any atom is -0.494 e. The lowest BCUT2D eigenvalue weighted by atomic mass is 10.1. The molecule has 134 valence electrons. The maximum absolute atomic E-state index is 12.7. The minimum absolute atomic E-state index is 0.196. The third-order valence-electron chi connectivity index (χ3n) is 3.87. The van der Waals surface area contributed by atoms with Crippen molar-refractivity contribution in [1.82, 2.24) is 0 Å². The fourth-order valence-corrected chi connectivity index (χ4v) is 2.74. The van der Waals surface area contributed by atoms with E-state index in [4.69, 9.17) is 9.47 Å². The van der Waals surface area contributed by atoms with E-state index in [0.29, 0.717) is 18.0 Å². The maximum Gasteiger partial charge on any atom is 0.338 e. The number of hydrogen-bond donors (Lipinski definition) is 0. The molecule has 2 aromatic carbocycles. The first-order valence-electron chi connectivity index (χ1n) is 8.39. The van der Waals surface area contributed by atoms with Gasteiger partial charge in [-0.05, 0) is 63.2 Å². The lowest BCUT2D eigenvalue weighted by molar-refractivity contribution is 0.0377. The van der Waals surface area contributed by atoms with Crippen molar-refractivity contribution in [1.29, 1.82) is 0 Å². The predicted molar refractivity (Wildman–Crippen MR) is 95.7 cm³/mol. The number of fused-ring (bicyclic) bond motifs is 1. The van der Waals surface area contributed by atoms with E-state index in [1.807, 2.05) is 6.92 Å². The van der Waals surface area contributed by atoms with Gasteiger partial charge in [-0.1, -0.05) is 0 Å². The monoisotopic (exact) mass is 353 g/mol. The second-order valence-corrected chi connectivity index (χ2v) is 6.09. The molecule has 2 amide bonds. The molecule has 0 fully saturated rings. The van der Waals surface area contributed by atoms with Gasteiger partial charge in [0.15, 0.2) is 0 Å². The Morgan fingerprint density at radius 3 is 2.27 bits per heavy atom. The van der Waals surface area contributed by atoms with Gasteiger partial charge >= 0.3 is 5.97 Å². The maximum atomic E-state index is 12.7. The second kappa shape index (κ2) is 7.00. The summed E-state index contributed by atoms with van der Waals surface area (Å²) in [5.74, 6) is -0.750. The van der Waals surface area contributed by atoms with Crippen LogP contribution in [-0.4, -0.2) is 30.5 Å². The smallest absolute Gasteiger partial charge is 0.338 e. The number of anilines is 1. The van der Waals surface area contributed by atoms with Crippen LogP contribution in [0.3, 0.4) is 0 Å². The quantitative estimate of drug-likeness (QED) is 0.608. The summed E-state index contributed by atoms with van der Waals surface area (Å²) in [5.41, 5.74) is 1.16. The van der Waals surface area contributed by atoms with Crippen LogP contribution in [0.15, 0.2) is 42.5 Å². The third kappa shape index (κ3) is 3.18. The first-order chi connectivity index (χ1) is 12.4. The SMILES string of the molecule is CCOc1ccc(N2C(=O)c3ccc(C(=O)OC(C)C)cc3C2=O)cc1. The summed E-state index contributed by atoms with van der Waals surface area (Å²) in [6.45, 7) is 5.89. The average molecular weight is 353 g/mol. The van der Waals surface area contributed by atoms with E-state index in [-0.39, 0.29) is 22.8 Å². The zero-order valence-corrected chi connectivity index (χ0v) is 14.8. The Bertz CT molecular complexity index is 870. The number of nitrogens with zero attached hydrogens (tertiary/aromatic N) is 1. The van der Waals surface area contributed by atoms with E-state index in [1.54, 1.807) is 38.1 Å². The molecule has 0 aromatic heterocycles. The number of imide groups is 1. The summed E-state index contributed by atoms with van der Waals surface area (Å²) in [7, 11) is 0. The van der Waals surface area contributed by atoms with E-state index < -0.39 is 17.8 Å². The second-order valence-electron chi connectivity index (χ2n) is 6.09. The first-order valence-corrected chi connectivity index (χ1v) is 8.39. The van der Waals surface area contributed by atoms with Crippen LogP contribution in [0, 0.1) is 0 Å². The molecule has 1 aliphatic rings. The van der Waals surface area contributed by atoms with Crippen LogP contribution in [0.2, 0.25) is 0 Å². The van der Waals surface area contributed by atoms with Gasteiger partial charge in [0.05, 0.1) is 35.1 Å². The number of hydrogen-bond acceptors (Lipinski definition) is 5. The highest BCUT2D eigenvalue weighted by Crippen LogP contribution is 2.30. The molecule has 0 atom stereocenters. The molecule has 6 nitrogen and oxygen atoms in total. The Morgan fingerprint density at radius 1 is 1.00 bits per heavy atom. The van der Waals surface area contributed by atoms with Crippen molar-refractivity contribution in [3.05, 3.63) is 59.2 Å². The topological polar surface area (TPSA) is 72.9 Å². The van der Waals surface area contributed by atoms with Crippen molar-refractivity contribution in [2.45, 2.75) is 26.9 Å².